The van der Waals surface area contributed by atoms with E-state index in [1.165, 1.54) is 4.90 Å². The number of rotatable bonds is 6. The predicted molar refractivity (Wildman–Crippen MR) is 92.5 cm³/mol. The van der Waals surface area contributed by atoms with Gasteiger partial charge < -0.3 is 15.4 Å². The number of methoxy groups -OCH3 is 1. The minimum absolute atomic E-state index is 0.264. The number of nitrogens with one attached hydrogen (secondary N) is 2. The molecule has 1 aromatic carbocycles. The molecule has 8 heteroatoms. The molecule has 3 rings (SSSR count). The smallest absolute Gasteiger partial charge is 0.324 e. The SMILES string of the molecule is COc1ccc(Cn2ccc(NC(C)C(=O)N3CCNC3=O)n2)cc1. The van der Waals surface area contributed by atoms with Crippen molar-refractivity contribution in [3.05, 3.63) is 42.1 Å². The fourth-order valence-corrected chi connectivity index (χ4v) is 2.64. The van der Waals surface area contributed by atoms with Gasteiger partial charge in [-0.3, -0.25) is 14.4 Å². The van der Waals surface area contributed by atoms with Gasteiger partial charge in [0.05, 0.1) is 13.7 Å². The molecular weight excluding hydrogens is 322 g/mol. The van der Waals surface area contributed by atoms with Crippen LogP contribution in [0, 0.1) is 0 Å². The third kappa shape index (κ3) is 3.90. The summed E-state index contributed by atoms with van der Waals surface area (Å²) in [7, 11) is 1.63. The van der Waals surface area contributed by atoms with Crippen LogP contribution >= 0.6 is 0 Å². The van der Waals surface area contributed by atoms with E-state index in [2.05, 4.69) is 15.7 Å². The van der Waals surface area contributed by atoms with Crippen molar-refractivity contribution in [2.24, 2.45) is 0 Å². The molecule has 8 nitrogen and oxygen atoms in total. The first-order chi connectivity index (χ1) is 12.1. The van der Waals surface area contributed by atoms with Crippen molar-refractivity contribution in [2.75, 3.05) is 25.5 Å². The Labute approximate surface area is 145 Å². The second kappa shape index (κ2) is 7.25. The maximum Gasteiger partial charge on any atom is 0.324 e. The molecule has 0 spiro atoms. The quantitative estimate of drug-likeness (QED) is 0.825. The van der Waals surface area contributed by atoms with Crippen molar-refractivity contribution in [1.29, 1.82) is 0 Å². The van der Waals surface area contributed by atoms with Gasteiger partial charge in [-0.1, -0.05) is 12.1 Å². The number of benzene rings is 1. The zero-order valence-corrected chi connectivity index (χ0v) is 14.2. The van der Waals surface area contributed by atoms with E-state index in [1.807, 2.05) is 30.5 Å². The van der Waals surface area contributed by atoms with Gasteiger partial charge in [-0.2, -0.15) is 5.10 Å². The number of urea groups is 1. The Morgan fingerprint density at radius 3 is 2.76 bits per heavy atom. The lowest BCUT2D eigenvalue weighted by Gasteiger charge is -2.18. The first-order valence-corrected chi connectivity index (χ1v) is 8.09. The fourth-order valence-electron chi connectivity index (χ4n) is 2.64. The number of amides is 3. The van der Waals surface area contributed by atoms with Crippen LogP contribution in [0.3, 0.4) is 0 Å². The molecule has 0 aliphatic carbocycles. The molecule has 1 saturated heterocycles. The van der Waals surface area contributed by atoms with Crippen LogP contribution in [-0.2, 0) is 11.3 Å². The van der Waals surface area contributed by atoms with E-state index in [1.54, 1.807) is 24.8 Å². The molecule has 1 aliphatic rings. The number of carbonyl (C=O) groups is 2. The van der Waals surface area contributed by atoms with Crippen molar-refractivity contribution in [1.82, 2.24) is 20.0 Å². The normalized spacial score (nSPS) is 15.0. The fraction of sp³-hybridized carbons (Fsp3) is 0.353. The number of carbonyl (C=O) groups excluding carboxylic acids is 2. The Hall–Kier alpha value is -3.03. The van der Waals surface area contributed by atoms with Crippen LogP contribution in [0.2, 0.25) is 0 Å². The summed E-state index contributed by atoms with van der Waals surface area (Å²) in [5, 5.41) is 10.1. The Bertz CT molecular complexity index is 756. The van der Waals surface area contributed by atoms with E-state index in [0.29, 0.717) is 25.5 Å². The lowest BCUT2D eigenvalue weighted by Crippen LogP contribution is -2.43. The van der Waals surface area contributed by atoms with Crippen molar-refractivity contribution in [2.45, 2.75) is 19.5 Å². The third-order valence-electron chi connectivity index (χ3n) is 4.00. The summed E-state index contributed by atoms with van der Waals surface area (Å²) in [5.74, 6) is 1.14. The molecule has 2 aromatic rings. The van der Waals surface area contributed by atoms with E-state index in [9.17, 15) is 9.59 Å². The Kier molecular flexibility index (Phi) is 4.87. The zero-order valence-electron chi connectivity index (χ0n) is 14.2. The highest BCUT2D eigenvalue weighted by atomic mass is 16.5. The Morgan fingerprint density at radius 2 is 2.12 bits per heavy atom. The third-order valence-corrected chi connectivity index (χ3v) is 4.00. The molecule has 2 heterocycles. The molecule has 2 N–H and O–H groups in total. The average Bonchev–Trinajstić information content (AvgIpc) is 3.23. The van der Waals surface area contributed by atoms with Gasteiger partial charge in [0.1, 0.15) is 17.6 Å². The molecule has 25 heavy (non-hydrogen) atoms. The highest BCUT2D eigenvalue weighted by Crippen LogP contribution is 2.13. The first-order valence-electron chi connectivity index (χ1n) is 8.09. The number of hydrogen-bond acceptors (Lipinski definition) is 5. The lowest BCUT2D eigenvalue weighted by molar-refractivity contribution is -0.128. The predicted octanol–water partition coefficient (Wildman–Crippen LogP) is 1.29. The van der Waals surface area contributed by atoms with Gasteiger partial charge in [0.15, 0.2) is 0 Å². The molecule has 0 saturated carbocycles. The summed E-state index contributed by atoms with van der Waals surface area (Å²) in [6, 6.07) is 8.69. The summed E-state index contributed by atoms with van der Waals surface area (Å²) < 4.78 is 6.92. The van der Waals surface area contributed by atoms with Gasteiger partial charge >= 0.3 is 6.03 Å². The topological polar surface area (TPSA) is 88.5 Å². The van der Waals surface area contributed by atoms with Crippen LogP contribution in [0.15, 0.2) is 36.5 Å². The van der Waals surface area contributed by atoms with Crippen molar-refractivity contribution in [3.8, 4) is 5.75 Å². The van der Waals surface area contributed by atoms with Crippen molar-refractivity contribution >= 4 is 17.8 Å². The summed E-state index contributed by atoms with van der Waals surface area (Å²) in [5.41, 5.74) is 1.09. The second-order valence-corrected chi connectivity index (χ2v) is 5.83. The van der Waals surface area contributed by atoms with Crippen LogP contribution < -0.4 is 15.4 Å². The molecule has 1 aromatic heterocycles. The highest BCUT2D eigenvalue weighted by Gasteiger charge is 2.29. The number of nitrogens with zero attached hydrogens (tertiary/aromatic N) is 3. The standard InChI is InChI=1S/C17H21N5O3/c1-12(16(23)22-10-8-18-17(22)24)19-15-7-9-21(20-15)11-13-3-5-14(25-2)6-4-13/h3-7,9,12H,8,10-11H2,1-2H3,(H,18,24)(H,19,20). The van der Waals surface area contributed by atoms with E-state index < -0.39 is 6.04 Å². The van der Waals surface area contributed by atoms with Gasteiger partial charge in [-0.25, -0.2) is 4.79 Å². The van der Waals surface area contributed by atoms with Crippen LogP contribution in [0.4, 0.5) is 10.6 Å². The van der Waals surface area contributed by atoms with Crippen molar-refractivity contribution in [3.63, 3.8) is 0 Å². The maximum absolute atomic E-state index is 12.3. The molecular formula is C17H21N5O3. The molecule has 132 valence electrons. The number of imide groups is 1. The molecule has 1 fully saturated rings. The average molecular weight is 343 g/mol. The largest absolute Gasteiger partial charge is 0.497 e. The van der Waals surface area contributed by atoms with Crippen molar-refractivity contribution < 1.29 is 14.3 Å². The van der Waals surface area contributed by atoms with Gasteiger partial charge in [-0.15, -0.1) is 0 Å². The zero-order chi connectivity index (χ0) is 17.8. The summed E-state index contributed by atoms with van der Waals surface area (Å²) in [4.78, 5) is 25.1. The lowest BCUT2D eigenvalue weighted by atomic mass is 10.2. The molecule has 3 amide bonds. The highest BCUT2D eigenvalue weighted by molar-refractivity contribution is 5.99. The monoisotopic (exact) mass is 343 g/mol. The molecule has 0 radical (unpaired) electrons. The van der Waals surface area contributed by atoms with E-state index in [4.69, 9.17) is 4.74 Å². The Balaban J connectivity index is 1.59. The van der Waals surface area contributed by atoms with Crippen LogP contribution in [-0.4, -0.2) is 52.9 Å². The number of ether oxygens (including phenoxy) is 1. The van der Waals surface area contributed by atoms with Gasteiger partial charge in [0, 0.05) is 25.4 Å². The van der Waals surface area contributed by atoms with Crippen LogP contribution in [0.25, 0.3) is 0 Å². The number of hydrogen-bond donors (Lipinski definition) is 2. The van der Waals surface area contributed by atoms with Gasteiger partial charge in [0.25, 0.3) is 5.91 Å². The minimum Gasteiger partial charge on any atom is -0.497 e. The van der Waals surface area contributed by atoms with Gasteiger partial charge in [0.2, 0.25) is 0 Å². The van der Waals surface area contributed by atoms with E-state index >= 15 is 0 Å². The summed E-state index contributed by atoms with van der Waals surface area (Å²) in [6.07, 6.45) is 1.84. The van der Waals surface area contributed by atoms with Crippen LogP contribution in [0.1, 0.15) is 12.5 Å². The summed E-state index contributed by atoms with van der Waals surface area (Å²) in [6.45, 7) is 3.22. The summed E-state index contributed by atoms with van der Waals surface area (Å²) >= 11 is 0. The minimum atomic E-state index is -0.534. The molecule has 1 unspecified atom stereocenters. The molecule has 1 atom stereocenters. The second-order valence-electron chi connectivity index (χ2n) is 5.83. The molecule has 0 bridgehead atoms. The number of aromatic nitrogens is 2. The van der Waals surface area contributed by atoms with E-state index in [-0.39, 0.29) is 11.9 Å². The Morgan fingerprint density at radius 1 is 1.36 bits per heavy atom. The van der Waals surface area contributed by atoms with E-state index in [0.717, 1.165) is 11.3 Å². The molecule has 1 aliphatic heterocycles. The van der Waals surface area contributed by atoms with Crippen LogP contribution in [0.5, 0.6) is 5.75 Å². The number of anilines is 1. The van der Waals surface area contributed by atoms with Gasteiger partial charge in [-0.05, 0) is 24.6 Å². The first kappa shape index (κ1) is 16.8. The maximum atomic E-state index is 12.3.